The van der Waals surface area contributed by atoms with E-state index in [0.29, 0.717) is 0 Å². The summed E-state index contributed by atoms with van der Waals surface area (Å²) >= 11 is 0. The second-order valence-corrected chi connectivity index (χ2v) is 5.63. The van der Waals surface area contributed by atoms with Gasteiger partial charge in [-0.2, -0.15) is 0 Å². The van der Waals surface area contributed by atoms with Crippen molar-refractivity contribution in [2.75, 3.05) is 0 Å². The van der Waals surface area contributed by atoms with Gasteiger partial charge in [0.05, 0.1) is 12.2 Å². The Morgan fingerprint density at radius 2 is 1.67 bits per heavy atom. The summed E-state index contributed by atoms with van der Waals surface area (Å²) in [4.78, 5) is 0. The quantitative estimate of drug-likeness (QED) is 0.511. The summed E-state index contributed by atoms with van der Waals surface area (Å²) in [5.41, 5.74) is 6.39. The van der Waals surface area contributed by atoms with Crippen LogP contribution in [0.3, 0.4) is 0 Å². The zero-order chi connectivity index (χ0) is 14.8. The minimum Gasteiger partial charge on any atom is -0.326 e. The maximum atomic E-state index is 3.41. The molecule has 1 heterocycles. The van der Waals surface area contributed by atoms with Crippen molar-refractivity contribution >= 4 is 0 Å². The molecular weight excluding hydrogens is 256 g/mol. The fourth-order valence-corrected chi connectivity index (χ4v) is 2.90. The Labute approximate surface area is 126 Å². The van der Waals surface area contributed by atoms with Gasteiger partial charge in [-0.05, 0) is 37.5 Å². The molecule has 3 aromatic rings. The van der Waals surface area contributed by atoms with E-state index in [-0.39, 0.29) is 0 Å². The largest absolute Gasteiger partial charge is 0.326 e. The molecule has 0 aliphatic heterocycles. The summed E-state index contributed by atoms with van der Waals surface area (Å²) in [5.74, 6) is 0. The van der Waals surface area contributed by atoms with Crippen molar-refractivity contribution in [1.29, 1.82) is 0 Å². The molecule has 2 nitrogen and oxygen atoms in total. The molecular formula is C19H20N2. The molecule has 0 aliphatic carbocycles. The molecule has 0 saturated heterocycles. The van der Waals surface area contributed by atoms with Crippen LogP contribution in [0.5, 0.6) is 0 Å². The Morgan fingerprint density at radius 3 is 2.33 bits per heavy atom. The monoisotopic (exact) mass is 276 g/mol. The Morgan fingerprint density at radius 1 is 1.00 bits per heavy atom. The third-order valence-electron chi connectivity index (χ3n) is 3.70. The zero-order valence-corrected chi connectivity index (χ0v) is 12.8. The number of aromatic nitrogens is 2. The topological polar surface area (TPSA) is 8.81 Å². The van der Waals surface area contributed by atoms with E-state index in [0.717, 1.165) is 6.54 Å². The molecule has 0 spiro atoms. The smallest absolute Gasteiger partial charge is 0.243 e. The average molecular weight is 276 g/mol. The predicted molar refractivity (Wildman–Crippen MR) is 84.6 cm³/mol. The van der Waals surface area contributed by atoms with Gasteiger partial charge in [-0.3, -0.25) is 0 Å². The predicted octanol–water partition coefficient (Wildman–Crippen LogP) is 3.54. The molecule has 2 heteroatoms. The summed E-state index contributed by atoms with van der Waals surface area (Å²) in [7, 11) is 0. The normalized spacial score (nSPS) is 10.8. The number of aryl methyl sites for hydroxylation is 3. The van der Waals surface area contributed by atoms with Crippen LogP contribution in [-0.2, 0) is 6.54 Å². The second-order valence-electron chi connectivity index (χ2n) is 5.63. The highest BCUT2D eigenvalue weighted by Crippen LogP contribution is 2.20. The van der Waals surface area contributed by atoms with E-state index >= 15 is 0 Å². The maximum Gasteiger partial charge on any atom is 0.243 e. The molecule has 1 aromatic heterocycles. The number of benzene rings is 2. The van der Waals surface area contributed by atoms with E-state index in [1.54, 1.807) is 0 Å². The van der Waals surface area contributed by atoms with Crippen LogP contribution in [0.1, 0.15) is 22.3 Å². The van der Waals surface area contributed by atoms with E-state index in [4.69, 9.17) is 0 Å². The lowest BCUT2D eigenvalue weighted by Crippen LogP contribution is -2.32. The number of nitrogens with zero attached hydrogens (tertiary/aromatic N) is 2. The average Bonchev–Trinajstić information content (AvgIpc) is 2.87. The van der Waals surface area contributed by atoms with Crippen molar-refractivity contribution in [3.8, 4) is 5.69 Å². The lowest BCUT2D eigenvalue weighted by molar-refractivity contribution is -0.691. The van der Waals surface area contributed by atoms with E-state index in [1.807, 2.05) is 6.07 Å². The van der Waals surface area contributed by atoms with Crippen LogP contribution < -0.4 is 4.57 Å². The van der Waals surface area contributed by atoms with Gasteiger partial charge in [0.25, 0.3) is 0 Å². The number of imidazole rings is 1. The Bertz CT molecular complexity index is 731. The molecule has 0 aliphatic rings. The van der Waals surface area contributed by atoms with Gasteiger partial charge < -0.3 is 9.13 Å². The number of rotatable bonds is 3. The zero-order valence-electron chi connectivity index (χ0n) is 12.8. The van der Waals surface area contributed by atoms with Gasteiger partial charge in [-0.25, -0.2) is 0 Å². The minimum absolute atomic E-state index is 0.845. The maximum absolute atomic E-state index is 3.41. The van der Waals surface area contributed by atoms with Gasteiger partial charge in [0, 0.05) is 12.4 Å². The van der Waals surface area contributed by atoms with Crippen molar-refractivity contribution in [2.45, 2.75) is 27.3 Å². The molecule has 106 valence electrons. The number of hydrogen-bond acceptors (Lipinski definition) is 0. The molecule has 0 bridgehead atoms. The highest BCUT2D eigenvalue weighted by molar-refractivity contribution is 5.48. The third kappa shape index (κ3) is 2.89. The van der Waals surface area contributed by atoms with Crippen molar-refractivity contribution in [3.05, 3.63) is 83.4 Å². The molecule has 3 rings (SSSR count). The lowest BCUT2D eigenvalue weighted by Gasteiger charge is -2.12. The highest BCUT2D eigenvalue weighted by atomic mass is 15.1. The van der Waals surface area contributed by atoms with Crippen LogP contribution in [0.15, 0.2) is 54.9 Å². The van der Waals surface area contributed by atoms with Crippen LogP contribution in [0.25, 0.3) is 5.69 Å². The summed E-state index contributed by atoms with van der Waals surface area (Å²) in [5, 5.41) is 0. The van der Waals surface area contributed by atoms with Gasteiger partial charge in [0.15, 0.2) is 0 Å². The van der Waals surface area contributed by atoms with Crippen LogP contribution in [0, 0.1) is 27.1 Å². The van der Waals surface area contributed by atoms with Crippen molar-refractivity contribution in [3.63, 3.8) is 0 Å². The Kier molecular flexibility index (Phi) is 3.61. The minimum atomic E-state index is 0.845. The Balaban J connectivity index is 1.92. The van der Waals surface area contributed by atoms with E-state index in [1.165, 1.54) is 27.9 Å². The fraction of sp³-hybridized carbons (Fsp3) is 0.211. The van der Waals surface area contributed by atoms with Crippen LogP contribution in [0.4, 0.5) is 0 Å². The molecule has 0 saturated carbocycles. The first-order valence-electron chi connectivity index (χ1n) is 7.26. The first kappa shape index (κ1) is 13.6. The van der Waals surface area contributed by atoms with Crippen LogP contribution >= 0.6 is 0 Å². The molecule has 0 atom stereocenters. The SMILES string of the molecule is Cc1cc(C)c(-n2[c-][n+](Cc3ccccc3)cc2)c(C)c1. The van der Waals surface area contributed by atoms with Gasteiger partial charge in [0.2, 0.25) is 6.33 Å². The Hall–Kier alpha value is -2.35. The highest BCUT2D eigenvalue weighted by Gasteiger charge is 2.07. The van der Waals surface area contributed by atoms with Gasteiger partial charge >= 0.3 is 0 Å². The molecule has 0 N–H and O–H groups in total. The van der Waals surface area contributed by atoms with Gasteiger partial charge in [0.1, 0.15) is 0 Å². The summed E-state index contributed by atoms with van der Waals surface area (Å²) in [6.45, 7) is 7.30. The van der Waals surface area contributed by atoms with Gasteiger partial charge in [-0.15, -0.1) is 0 Å². The van der Waals surface area contributed by atoms with Crippen molar-refractivity contribution in [2.24, 2.45) is 0 Å². The van der Waals surface area contributed by atoms with E-state index in [9.17, 15) is 0 Å². The van der Waals surface area contributed by atoms with E-state index in [2.05, 4.69) is 85.0 Å². The summed E-state index contributed by atoms with van der Waals surface area (Å²) in [6.07, 6.45) is 7.56. The van der Waals surface area contributed by atoms with Crippen molar-refractivity contribution in [1.82, 2.24) is 4.57 Å². The van der Waals surface area contributed by atoms with Gasteiger partial charge in [-0.1, -0.05) is 48.0 Å². The molecule has 21 heavy (non-hydrogen) atoms. The second kappa shape index (κ2) is 5.57. The fourth-order valence-electron chi connectivity index (χ4n) is 2.90. The molecule has 0 unspecified atom stereocenters. The van der Waals surface area contributed by atoms with Crippen molar-refractivity contribution < 1.29 is 4.57 Å². The van der Waals surface area contributed by atoms with E-state index < -0.39 is 0 Å². The summed E-state index contributed by atoms with van der Waals surface area (Å²) < 4.78 is 4.18. The molecule has 2 aromatic carbocycles. The molecule has 0 fully saturated rings. The molecule has 0 amide bonds. The first-order valence-corrected chi connectivity index (χ1v) is 7.26. The van der Waals surface area contributed by atoms with Crippen LogP contribution in [0.2, 0.25) is 0 Å². The summed E-state index contributed by atoms with van der Waals surface area (Å²) in [6, 6.07) is 14.9. The standard InChI is InChI=1S/C19H20N2/c1-15-11-16(2)19(17(3)12-15)21-10-9-20(14-21)13-18-7-5-4-6-8-18/h4-12H,13H2,1-3H3. The van der Waals surface area contributed by atoms with Crippen LogP contribution in [-0.4, -0.2) is 4.57 Å². The number of hydrogen-bond donors (Lipinski definition) is 0. The molecule has 0 radical (unpaired) electrons. The first-order chi connectivity index (χ1) is 10.1. The third-order valence-corrected chi connectivity index (χ3v) is 3.70. The lowest BCUT2D eigenvalue weighted by atomic mass is 10.1.